The molecule has 27 heavy (non-hydrogen) atoms. The molecule has 0 unspecified atom stereocenters. The third-order valence-corrected chi connectivity index (χ3v) is 5.43. The van der Waals surface area contributed by atoms with E-state index in [1.54, 1.807) is 22.8 Å². The van der Waals surface area contributed by atoms with Crippen molar-refractivity contribution in [3.63, 3.8) is 0 Å². The van der Waals surface area contributed by atoms with Crippen LogP contribution in [0, 0.1) is 0 Å². The minimum absolute atomic E-state index is 0.306. The molecule has 0 amide bonds. The summed E-state index contributed by atoms with van der Waals surface area (Å²) in [6.45, 7) is 6.96. The molecule has 0 aliphatic carbocycles. The van der Waals surface area contributed by atoms with E-state index < -0.39 is 0 Å². The third-order valence-electron chi connectivity index (χ3n) is 5.20. The molecule has 2 aromatic carbocycles. The zero-order chi connectivity index (χ0) is 18.6. The second kappa shape index (κ2) is 8.30. The van der Waals surface area contributed by atoms with Gasteiger partial charge in [-0.2, -0.15) is 0 Å². The predicted octanol–water partition coefficient (Wildman–Crippen LogP) is 3.46. The van der Waals surface area contributed by atoms with Gasteiger partial charge in [-0.05, 0) is 36.7 Å². The maximum Gasteiger partial charge on any atom is 0.419 e. The lowest BCUT2D eigenvalue weighted by Gasteiger charge is -2.34. The van der Waals surface area contributed by atoms with Crippen molar-refractivity contribution in [2.45, 2.75) is 19.5 Å². The van der Waals surface area contributed by atoms with Crippen LogP contribution in [0.1, 0.15) is 12.0 Å². The lowest BCUT2D eigenvalue weighted by molar-refractivity contribution is 0.125. The van der Waals surface area contributed by atoms with E-state index in [4.69, 9.17) is 16.0 Å². The molecule has 3 aromatic rings. The van der Waals surface area contributed by atoms with Crippen LogP contribution in [0.3, 0.4) is 0 Å². The smallest absolute Gasteiger partial charge is 0.408 e. The van der Waals surface area contributed by atoms with Gasteiger partial charge in [-0.25, -0.2) is 4.79 Å². The molecule has 2 heterocycles. The van der Waals surface area contributed by atoms with E-state index in [9.17, 15) is 4.79 Å². The van der Waals surface area contributed by atoms with Gasteiger partial charge in [-0.15, -0.1) is 0 Å². The number of hydrogen-bond acceptors (Lipinski definition) is 4. The highest BCUT2D eigenvalue weighted by atomic mass is 35.5. The Morgan fingerprint density at radius 3 is 2.44 bits per heavy atom. The second-order valence-corrected chi connectivity index (χ2v) is 7.53. The Kier molecular flexibility index (Phi) is 5.62. The zero-order valence-electron chi connectivity index (χ0n) is 15.3. The molecule has 0 radical (unpaired) electrons. The van der Waals surface area contributed by atoms with Gasteiger partial charge >= 0.3 is 5.76 Å². The van der Waals surface area contributed by atoms with Gasteiger partial charge in [0.15, 0.2) is 5.58 Å². The van der Waals surface area contributed by atoms with Crippen molar-refractivity contribution >= 4 is 22.7 Å². The molecule has 5 nitrogen and oxygen atoms in total. The van der Waals surface area contributed by atoms with Crippen molar-refractivity contribution in [2.75, 3.05) is 32.7 Å². The van der Waals surface area contributed by atoms with Crippen LogP contribution in [0.5, 0.6) is 0 Å². The molecule has 1 aliphatic heterocycles. The fraction of sp³-hybridized carbons (Fsp3) is 0.381. The summed E-state index contributed by atoms with van der Waals surface area (Å²) >= 11 is 6.06. The molecule has 0 N–H and O–H groups in total. The van der Waals surface area contributed by atoms with Crippen LogP contribution in [-0.2, 0) is 13.1 Å². The van der Waals surface area contributed by atoms with Crippen molar-refractivity contribution in [2.24, 2.45) is 0 Å². The number of rotatable bonds is 6. The molecular weight excluding hydrogens is 362 g/mol. The first-order valence-electron chi connectivity index (χ1n) is 9.46. The Morgan fingerprint density at radius 1 is 0.926 bits per heavy atom. The molecule has 1 aliphatic rings. The highest BCUT2D eigenvalue weighted by molar-refractivity contribution is 6.31. The molecule has 0 saturated carbocycles. The molecule has 0 spiro atoms. The third kappa shape index (κ3) is 4.43. The zero-order valence-corrected chi connectivity index (χ0v) is 16.1. The number of aromatic nitrogens is 1. The number of benzene rings is 2. The number of hydrogen-bond donors (Lipinski definition) is 0. The van der Waals surface area contributed by atoms with Gasteiger partial charge < -0.3 is 9.32 Å². The van der Waals surface area contributed by atoms with E-state index in [0.29, 0.717) is 17.2 Å². The normalized spacial score (nSPS) is 16.2. The Hall–Kier alpha value is -2.08. The molecule has 1 saturated heterocycles. The van der Waals surface area contributed by atoms with E-state index >= 15 is 0 Å². The lowest BCUT2D eigenvalue weighted by atomic mass is 10.2. The van der Waals surface area contributed by atoms with E-state index in [1.807, 2.05) is 0 Å². The molecule has 1 aromatic heterocycles. The fourth-order valence-electron chi connectivity index (χ4n) is 3.71. The first kappa shape index (κ1) is 18.3. The van der Waals surface area contributed by atoms with Gasteiger partial charge in [0.2, 0.25) is 0 Å². The van der Waals surface area contributed by atoms with Crippen LogP contribution in [0.25, 0.3) is 11.1 Å². The number of oxazole rings is 1. The summed E-state index contributed by atoms with van der Waals surface area (Å²) in [7, 11) is 0. The first-order chi connectivity index (χ1) is 13.2. The van der Waals surface area contributed by atoms with Gasteiger partial charge in [0, 0.05) is 44.3 Å². The highest BCUT2D eigenvalue weighted by Gasteiger charge is 2.17. The average molecular weight is 386 g/mol. The average Bonchev–Trinajstić information content (AvgIpc) is 2.99. The molecule has 1 fully saturated rings. The van der Waals surface area contributed by atoms with Crippen LogP contribution < -0.4 is 5.76 Å². The standard InChI is InChI=1S/C21H24ClN3O2/c22-18-7-8-20-19(15-18)25(21(26)27-20)10-4-9-23-11-13-24(14-12-23)16-17-5-2-1-3-6-17/h1-3,5-8,15H,4,9-14,16H2. The summed E-state index contributed by atoms with van der Waals surface area (Å²) in [5.74, 6) is -0.306. The Bertz CT molecular complexity index is 943. The molecule has 4 rings (SSSR count). The molecular formula is C21H24ClN3O2. The van der Waals surface area contributed by atoms with Gasteiger partial charge in [0.25, 0.3) is 0 Å². The summed E-state index contributed by atoms with van der Waals surface area (Å²) in [4.78, 5) is 17.1. The highest BCUT2D eigenvalue weighted by Crippen LogP contribution is 2.18. The largest absolute Gasteiger partial charge is 0.419 e. The topological polar surface area (TPSA) is 41.6 Å². The van der Waals surface area contributed by atoms with E-state index in [-0.39, 0.29) is 5.76 Å². The summed E-state index contributed by atoms with van der Waals surface area (Å²) in [6.07, 6.45) is 0.916. The minimum Gasteiger partial charge on any atom is -0.408 e. The maximum absolute atomic E-state index is 12.1. The maximum atomic E-state index is 12.1. The molecule has 0 atom stereocenters. The molecule has 142 valence electrons. The van der Waals surface area contributed by atoms with E-state index in [2.05, 4.69) is 40.1 Å². The Labute approximate surface area is 163 Å². The lowest BCUT2D eigenvalue weighted by Crippen LogP contribution is -2.46. The van der Waals surface area contributed by atoms with Crippen molar-refractivity contribution in [3.05, 3.63) is 69.7 Å². The first-order valence-corrected chi connectivity index (χ1v) is 9.84. The molecule has 6 heteroatoms. The number of halogens is 1. The number of nitrogens with zero attached hydrogens (tertiary/aromatic N) is 3. The second-order valence-electron chi connectivity index (χ2n) is 7.09. The minimum atomic E-state index is -0.306. The SMILES string of the molecule is O=c1oc2ccc(Cl)cc2n1CCCN1CCN(Cc2ccccc2)CC1. The van der Waals surface area contributed by atoms with Crippen LogP contribution >= 0.6 is 11.6 Å². The summed E-state index contributed by atoms with van der Waals surface area (Å²) in [5.41, 5.74) is 2.75. The Balaban J connectivity index is 1.27. The van der Waals surface area contributed by atoms with Crippen LogP contribution in [-0.4, -0.2) is 47.1 Å². The van der Waals surface area contributed by atoms with Gasteiger partial charge in [0.05, 0.1) is 5.52 Å². The number of piperazine rings is 1. The van der Waals surface area contributed by atoms with Crippen molar-refractivity contribution in [3.8, 4) is 0 Å². The van der Waals surface area contributed by atoms with Crippen LogP contribution in [0.2, 0.25) is 5.02 Å². The predicted molar refractivity (Wildman–Crippen MR) is 108 cm³/mol. The van der Waals surface area contributed by atoms with Gasteiger partial charge in [0.1, 0.15) is 0 Å². The van der Waals surface area contributed by atoms with Crippen molar-refractivity contribution in [1.82, 2.24) is 14.4 Å². The van der Waals surface area contributed by atoms with Crippen LogP contribution in [0.15, 0.2) is 57.7 Å². The monoisotopic (exact) mass is 385 g/mol. The summed E-state index contributed by atoms with van der Waals surface area (Å²) in [6, 6.07) is 15.9. The van der Waals surface area contributed by atoms with Crippen molar-refractivity contribution < 1.29 is 4.42 Å². The van der Waals surface area contributed by atoms with E-state index in [1.165, 1.54) is 5.56 Å². The van der Waals surface area contributed by atoms with Crippen LogP contribution in [0.4, 0.5) is 0 Å². The number of fused-ring (bicyclic) bond motifs is 1. The van der Waals surface area contributed by atoms with Crippen molar-refractivity contribution in [1.29, 1.82) is 0 Å². The number of aryl methyl sites for hydroxylation is 1. The van der Waals surface area contributed by atoms with Gasteiger partial charge in [-0.3, -0.25) is 9.47 Å². The summed E-state index contributed by atoms with van der Waals surface area (Å²) < 4.78 is 6.98. The molecule has 0 bridgehead atoms. The Morgan fingerprint density at radius 2 is 1.67 bits per heavy atom. The fourth-order valence-corrected chi connectivity index (χ4v) is 3.88. The van der Waals surface area contributed by atoms with Gasteiger partial charge in [-0.1, -0.05) is 41.9 Å². The quantitative estimate of drug-likeness (QED) is 0.651. The van der Waals surface area contributed by atoms with E-state index in [0.717, 1.165) is 51.2 Å². The summed E-state index contributed by atoms with van der Waals surface area (Å²) in [5, 5.41) is 0.617.